The molecule has 9 heteroatoms. The first-order chi connectivity index (χ1) is 17.0. The number of allylic oxidation sites excluding steroid dienone is 1. The Hall–Kier alpha value is -3.00. The van der Waals surface area contributed by atoms with E-state index in [1.165, 1.54) is 5.70 Å². The van der Waals surface area contributed by atoms with Gasteiger partial charge in [0.05, 0.1) is 20.3 Å². The van der Waals surface area contributed by atoms with Crippen LogP contribution in [0.25, 0.3) is 0 Å². The second kappa shape index (κ2) is 10.3. The minimum Gasteiger partial charge on any atom is -0.497 e. The molecule has 3 heterocycles. The van der Waals surface area contributed by atoms with E-state index in [4.69, 9.17) is 31.1 Å². The highest BCUT2D eigenvalue weighted by molar-refractivity contribution is 6.20. The molecule has 1 saturated carbocycles. The molecule has 2 fully saturated rings. The van der Waals surface area contributed by atoms with Crippen LogP contribution in [0.4, 0.5) is 17.5 Å². The number of aryl methyl sites for hydroxylation is 1. The first-order valence-electron chi connectivity index (χ1n) is 12.3. The molecule has 1 saturated heterocycles. The summed E-state index contributed by atoms with van der Waals surface area (Å²) in [6, 6.07) is 8.02. The van der Waals surface area contributed by atoms with Crippen LogP contribution in [-0.2, 0) is 0 Å². The topological polar surface area (TPSA) is 75.1 Å². The van der Waals surface area contributed by atoms with Crippen molar-refractivity contribution in [1.82, 2.24) is 14.9 Å². The molecule has 1 aromatic carbocycles. The molecule has 1 aromatic heterocycles. The molecule has 186 valence electrons. The van der Waals surface area contributed by atoms with Gasteiger partial charge in [0.1, 0.15) is 17.3 Å². The summed E-state index contributed by atoms with van der Waals surface area (Å²) >= 11 is 6.42. The fourth-order valence-electron chi connectivity index (χ4n) is 5.27. The van der Waals surface area contributed by atoms with Crippen molar-refractivity contribution in [2.75, 3.05) is 50.6 Å². The number of rotatable bonds is 6. The number of hydrogen-bond donors (Lipinski definition) is 1. The number of fused-ring (bicyclic) bond motifs is 1. The Morgan fingerprint density at radius 2 is 1.66 bits per heavy atom. The van der Waals surface area contributed by atoms with Crippen molar-refractivity contribution in [1.29, 1.82) is 0 Å². The predicted molar refractivity (Wildman–Crippen MR) is 141 cm³/mol. The molecule has 0 amide bonds. The monoisotopic (exact) mass is 496 g/mol. The van der Waals surface area contributed by atoms with Crippen LogP contribution in [-0.4, -0.2) is 72.9 Å². The van der Waals surface area contributed by atoms with Gasteiger partial charge in [-0.1, -0.05) is 0 Å². The quantitative estimate of drug-likeness (QED) is 0.593. The van der Waals surface area contributed by atoms with Crippen molar-refractivity contribution < 1.29 is 9.47 Å². The largest absolute Gasteiger partial charge is 0.497 e. The second-order valence-corrected chi connectivity index (χ2v) is 9.98. The number of hydrogen-bond acceptors (Lipinski definition) is 8. The van der Waals surface area contributed by atoms with E-state index in [0.29, 0.717) is 29.4 Å². The Morgan fingerprint density at radius 3 is 2.37 bits per heavy atom. The summed E-state index contributed by atoms with van der Waals surface area (Å²) < 4.78 is 10.8. The van der Waals surface area contributed by atoms with Gasteiger partial charge in [-0.3, -0.25) is 4.99 Å². The van der Waals surface area contributed by atoms with E-state index < -0.39 is 0 Å². The SMILES string of the molecule is COc1cc(Nc2nc(C)cc(N3CCN(C4=CC=NC5CC(Cl)CCC45)CC3)n2)cc(OC)c1. The Labute approximate surface area is 212 Å². The maximum absolute atomic E-state index is 6.42. The highest BCUT2D eigenvalue weighted by Gasteiger charge is 2.35. The highest BCUT2D eigenvalue weighted by Crippen LogP contribution is 2.38. The Morgan fingerprint density at radius 1 is 0.943 bits per heavy atom. The summed E-state index contributed by atoms with van der Waals surface area (Å²) in [5.74, 6) is 3.41. The molecule has 2 aromatic rings. The third-order valence-electron chi connectivity index (χ3n) is 7.07. The van der Waals surface area contributed by atoms with Crippen LogP contribution >= 0.6 is 11.6 Å². The lowest BCUT2D eigenvalue weighted by atomic mass is 9.80. The number of halogens is 1. The number of anilines is 3. The first kappa shape index (κ1) is 23.7. The maximum Gasteiger partial charge on any atom is 0.229 e. The second-order valence-electron chi connectivity index (χ2n) is 9.37. The lowest BCUT2D eigenvalue weighted by Crippen LogP contribution is -2.49. The number of aromatic nitrogens is 2. The van der Waals surface area contributed by atoms with E-state index in [1.54, 1.807) is 14.2 Å². The summed E-state index contributed by atoms with van der Waals surface area (Å²) in [7, 11) is 3.28. The zero-order valence-electron chi connectivity index (χ0n) is 20.6. The van der Waals surface area contributed by atoms with Gasteiger partial charge in [0.15, 0.2) is 0 Å². The van der Waals surface area contributed by atoms with Crippen LogP contribution in [0.5, 0.6) is 11.5 Å². The van der Waals surface area contributed by atoms with Crippen LogP contribution < -0.4 is 19.7 Å². The van der Waals surface area contributed by atoms with Gasteiger partial charge in [-0.2, -0.15) is 4.98 Å². The van der Waals surface area contributed by atoms with E-state index in [9.17, 15) is 0 Å². The molecule has 2 aliphatic heterocycles. The fourth-order valence-corrected chi connectivity index (χ4v) is 5.58. The predicted octanol–water partition coefficient (Wildman–Crippen LogP) is 4.41. The molecule has 5 rings (SSSR count). The molecule has 1 N–H and O–H groups in total. The minimum absolute atomic E-state index is 0.256. The van der Waals surface area contributed by atoms with Crippen molar-refractivity contribution in [3.63, 3.8) is 0 Å². The van der Waals surface area contributed by atoms with Crippen LogP contribution in [0.1, 0.15) is 25.0 Å². The van der Waals surface area contributed by atoms with E-state index in [0.717, 1.165) is 62.6 Å². The molecular formula is C26H33ClN6O2. The van der Waals surface area contributed by atoms with Crippen LogP contribution in [0.3, 0.4) is 0 Å². The Balaban J connectivity index is 1.27. The average Bonchev–Trinajstić information content (AvgIpc) is 2.87. The third-order valence-corrected chi connectivity index (χ3v) is 7.47. The summed E-state index contributed by atoms with van der Waals surface area (Å²) in [5, 5.41) is 3.57. The van der Waals surface area contributed by atoms with E-state index >= 15 is 0 Å². The van der Waals surface area contributed by atoms with Gasteiger partial charge in [-0.05, 0) is 32.3 Å². The lowest BCUT2D eigenvalue weighted by molar-refractivity contribution is 0.238. The van der Waals surface area contributed by atoms with Gasteiger partial charge in [-0.15, -0.1) is 11.6 Å². The van der Waals surface area contributed by atoms with Gasteiger partial charge in [0, 0.05) is 85.0 Å². The van der Waals surface area contributed by atoms with Gasteiger partial charge in [0.25, 0.3) is 0 Å². The normalized spacial score (nSPS) is 24.0. The fraction of sp³-hybridized carbons (Fsp3) is 0.500. The van der Waals surface area contributed by atoms with Gasteiger partial charge in [0.2, 0.25) is 5.95 Å². The van der Waals surface area contributed by atoms with E-state index in [1.807, 2.05) is 31.3 Å². The van der Waals surface area contributed by atoms with Crippen LogP contribution in [0.2, 0.25) is 0 Å². The summed E-state index contributed by atoms with van der Waals surface area (Å²) in [6.45, 7) is 5.75. The Kier molecular flexibility index (Phi) is 7.00. The van der Waals surface area contributed by atoms with Crippen molar-refractivity contribution >= 4 is 35.3 Å². The average molecular weight is 497 g/mol. The number of nitrogens with one attached hydrogen (secondary N) is 1. The summed E-state index contributed by atoms with van der Waals surface area (Å²) in [6.07, 6.45) is 7.37. The number of nitrogens with zero attached hydrogens (tertiary/aromatic N) is 5. The third kappa shape index (κ3) is 5.32. The Bertz CT molecular complexity index is 1090. The maximum atomic E-state index is 6.42. The zero-order valence-corrected chi connectivity index (χ0v) is 21.3. The summed E-state index contributed by atoms with van der Waals surface area (Å²) in [5.41, 5.74) is 3.16. The number of piperazine rings is 1. The number of benzene rings is 1. The van der Waals surface area contributed by atoms with Gasteiger partial charge in [-0.25, -0.2) is 4.98 Å². The zero-order chi connectivity index (χ0) is 24.4. The lowest BCUT2D eigenvalue weighted by Gasteiger charge is -2.43. The highest BCUT2D eigenvalue weighted by atomic mass is 35.5. The number of methoxy groups -OCH3 is 2. The molecular weight excluding hydrogens is 464 g/mol. The minimum atomic E-state index is 0.256. The molecule has 35 heavy (non-hydrogen) atoms. The standard InChI is InChI=1S/C26H33ClN6O2/c1-17-12-25(31-26(29-17)30-19-14-20(34-2)16-21(15-19)35-3)33-10-8-32(9-11-33)24-6-7-28-23-13-18(27)4-5-22(23)24/h6-7,12,14-16,18,22-23H,4-5,8-11,13H2,1-3H3,(H,29,30,31). The van der Waals surface area contributed by atoms with Gasteiger partial charge >= 0.3 is 0 Å². The summed E-state index contributed by atoms with van der Waals surface area (Å²) in [4.78, 5) is 19.0. The molecule has 3 aliphatic rings. The van der Waals surface area contributed by atoms with Crippen molar-refractivity contribution in [2.24, 2.45) is 10.9 Å². The smallest absolute Gasteiger partial charge is 0.229 e. The molecule has 8 nitrogen and oxygen atoms in total. The van der Waals surface area contributed by atoms with Crippen molar-refractivity contribution in [2.45, 2.75) is 37.6 Å². The van der Waals surface area contributed by atoms with Crippen molar-refractivity contribution in [3.8, 4) is 11.5 Å². The molecule has 1 aliphatic carbocycles. The molecule has 0 radical (unpaired) electrons. The number of ether oxygens (including phenoxy) is 2. The number of aliphatic imine (C=N–C) groups is 1. The molecule has 3 unspecified atom stereocenters. The van der Waals surface area contributed by atoms with E-state index in [2.05, 4.69) is 32.2 Å². The molecule has 3 atom stereocenters. The molecule has 0 bridgehead atoms. The number of dihydropyridines is 1. The van der Waals surface area contributed by atoms with Crippen LogP contribution in [0.15, 0.2) is 41.0 Å². The first-order valence-corrected chi connectivity index (χ1v) is 12.7. The van der Waals surface area contributed by atoms with Crippen molar-refractivity contribution in [3.05, 3.63) is 41.7 Å². The molecule has 0 spiro atoms. The van der Waals surface area contributed by atoms with E-state index in [-0.39, 0.29) is 5.38 Å². The van der Waals surface area contributed by atoms with Gasteiger partial charge < -0.3 is 24.6 Å². The number of alkyl halides is 1. The van der Waals surface area contributed by atoms with Crippen LogP contribution in [0, 0.1) is 12.8 Å².